The molecule has 0 aromatic heterocycles. The van der Waals surface area contributed by atoms with Gasteiger partial charge in [0.1, 0.15) is 0 Å². The summed E-state index contributed by atoms with van der Waals surface area (Å²) >= 11 is 0. The minimum absolute atomic E-state index is 0.109. The molecule has 0 saturated carbocycles. The van der Waals surface area contributed by atoms with Gasteiger partial charge in [-0.2, -0.15) is 4.31 Å². The molecule has 2 rings (SSSR count). The van der Waals surface area contributed by atoms with Gasteiger partial charge in [0.25, 0.3) is 5.69 Å². The van der Waals surface area contributed by atoms with Crippen LogP contribution in [0.5, 0.6) is 0 Å². The van der Waals surface area contributed by atoms with E-state index in [1.807, 2.05) is 4.90 Å². The SMILES string of the molecule is CS(=O)(=O)N1CCN(Cc2ccccc2[N+](=O)[O-])CC1.O=C(O)C(=O)O. The maximum absolute atomic E-state index is 11.4. The van der Waals surface area contributed by atoms with Crippen molar-refractivity contribution in [3.8, 4) is 0 Å². The van der Waals surface area contributed by atoms with E-state index in [9.17, 15) is 18.5 Å². The summed E-state index contributed by atoms with van der Waals surface area (Å²) in [5, 5.41) is 25.7. The Bertz CT molecular complexity index is 760. The summed E-state index contributed by atoms with van der Waals surface area (Å²) in [7, 11) is -3.15. The molecule has 0 atom stereocenters. The first kappa shape index (κ1) is 21.5. The third-order valence-electron chi connectivity index (χ3n) is 3.57. The standard InChI is InChI=1S/C12H17N3O4S.C2H2O4/c1-20(18,19)14-8-6-13(7-9-14)10-11-4-2-3-5-12(11)15(16)17;3-1(4)2(5)6/h2-5H,6-10H2,1H3;(H,3,4)(H,5,6). The zero-order valence-electron chi connectivity index (χ0n) is 13.9. The number of aliphatic carboxylic acids is 2. The average molecular weight is 389 g/mol. The number of nitrogens with zero attached hydrogens (tertiary/aromatic N) is 3. The quantitative estimate of drug-likeness (QED) is 0.405. The van der Waals surface area contributed by atoms with Gasteiger partial charge in [-0.15, -0.1) is 0 Å². The summed E-state index contributed by atoms with van der Waals surface area (Å²) in [6, 6.07) is 6.64. The first-order valence-electron chi connectivity index (χ1n) is 7.38. The average Bonchev–Trinajstić information content (AvgIpc) is 2.55. The second-order valence-corrected chi connectivity index (χ2v) is 7.42. The maximum atomic E-state index is 11.4. The van der Waals surface area contributed by atoms with Crippen LogP contribution < -0.4 is 0 Å². The number of hydrogen-bond acceptors (Lipinski definition) is 7. The summed E-state index contributed by atoms with van der Waals surface area (Å²) in [5.41, 5.74) is 0.767. The highest BCUT2D eigenvalue weighted by atomic mass is 32.2. The number of hydrogen-bond donors (Lipinski definition) is 2. The third-order valence-corrected chi connectivity index (χ3v) is 4.87. The van der Waals surface area contributed by atoms with Crippen LogP contribution in [0.25, 0.3) is 0 Å². The molecule has 1 aliphatic rings. The number of carbonyl (C=O) groups is 2. The van der Waals surface area contributed by atoms with Crippen molar-refractivity contribution < 1.29 is 33.1 Å². The Morgan fingerprint density at radius 2 is 1.62 bits per heavy atom. The van der Waals surface area contributed by atoms with Gasteiger partial charge in [-0.25, -0.2) is 18.0 Å². The molecule has 1 aromatic carbocycles. The first-order chi connectivity index (χ1) is 12.0. The Kier molecular flexibility index (Phi) is 7.61. The topological polar surface area (TPSA) is 158 Å². The van der Waals surface area contributed by atoms with Crippen molar-refractivity contribution in [1.82, 2.24) is 9.21 Å². The zero-order chi connectivity index (χ0) is 19.9. The van der Waals surface area contributed by atoms with Gasteiger partial charge in [-0.1, -0.05) is 18.2 Å². The van der Waals surface area contributed by atoms with Crippen molar-refractivity contribution in [2.75, 3.05) is 32.4 Å². The Hall–Kier alpha value is -2.57. The Labute approximate surface area is 149 Å². The number of para-hydroxylation sites is 1. The van der Waals surface area contributed by atoms with Crippen LogP contribution in [-0.4, -0.2) is 77.1 Å². The van der Waals surface area contributed by atoms with Crippen LogP contribution in [0.3, 0.4) is 0 Å². The van der Waals surface area contributed by atoms with E-state index in [1.165, 1.54) is 16.6 Å². The van der Waals surface area contributed by atoms with Gasteiger partial charge in [0, 0.05) is 44.4 Å². The van der Waals surface area contributed by atoms with E-state index < -0.39 is 22.0 Å². The molecule has 1 heterocycles. The number of benzene rings is 1. The molecule has 0 aliphatic carbocycles. The Morgan fingerprint density at radius 1 is 1.12 bits per heavy atom. The van der Waals surface area contributed by atoms with Crippen LogP contribution in [0.15, 0.2) is 24.3 Å². The molecule has 26 heavy (non-hydrogen) atoms. The summed E-state index contributed by atoms with van der Waals surface area (Å²) < 4.78 is 24.3. The van der Waals surface area contributed by atoms with Crippen LogP contribution in [0.2, 0.25) is 0 Å². The second-order valence-electron chi connectivity index (χ2n) is 5.43. The molecule has 1 saturated heterocycles. The molecular formula is C14H19N3O8S. The third kappa shape index (κ3) is 6.74. The molecule has 1 aromatic rings. The number of piperazine rings is 1. The van der Waals surface area contributed by atoms with Gasteiger partial charge < -0.3 is 10.2 Å². The second kappa shape index (κ2) is 9.22. The molecule has 0 amide bonds. The van der Waals surface area contributed by atoms with Crippen LogP contribution >= 0.6 is 0 Å². The van der Waals surface area contributed by atoms with Gasteiger partial charge >= 0.3 is 11.9 Å². The van der Waals surface area contributed by atoms with Gasteiger partial charge in [0.15, 0.2) is 0 Å². The minimum Gasteiger partial charge on any atom is -0.473 e. The molecule has 1 fully saturated rings. The van der Waals surface area contributed by atoms with Crippen LogP contribution in [0.4, 0.5) is 5.69 Å². The minimum atomic E-state index is -3.15. The van der Waals surface area contributed by atoms with Crippen molar-refractivity contribution in [2.45, 2.75) is 6.54 Å². The monoisotopic (exact) mass is 389 g/mol. The largest absolute Gasteiger partial charge is 0.473 e. The van der Waals surface area contributed by atoms with E-state index in [0.717, 1.165) is 0 Å². The highest BCUT2D eigenvalue weighted by molar-refractivity contribution is 7.88. The molecule has 0 bridgehead atoms. The summed E-state index contributed by atoms with van der Waals surface area (Å²) in [4.78, 5) is 30.8. The molecule has 11 nitrogen and oxygen atoms in total. The van der Waals surface area contributed by atoms with E-state index in [4.69, 9.17) is 19.8 Å². The normalized spacial score (nSPS) is 15.6. The highest BCUT2D eigenvalue weighted by Gasteiger charge is 2.24. The molecule has 12 heteroatoms. The maximum Gasteiger partial charge on any atom is 0.414 e. The van der Waals surface area contributed by atoms with E-state index in [2.05, 4.69) is 0 Å². The van der Waals surface area contributed by atoms with E-state index in [-0.39, 0.29) is 10.6 Å². The number of rotatable bonds is 4. The molecule has 0 radical (unpaired) electrons. The van der Waals surface area contributed by atoms with E-state index in [0.29, 0.717) is 38.3 Å². The summed E-state index contributed by atoms with van der Waals surface area (Å²) in [6.45, 7) is 2.49. The molecule has 0 spiro atoms. The van der Waals surface area contributed by atoms with Crippen LogP contribution in [0.1, 0.15) is 5.56 Å². The molecule has 144 valence electrons. The van der Waals surface area contributed by atoms with Gasteiger partial charge in [0.05, 0.1) is 11.2 Å². The molecule has 2 N–H and O–H groups in total. The Balaban J connectivity index is 0.000000487. The lowest BCUT2D eigenvalue weighted by Crippen LogP contribution is -2.47. The zero-order valence-corrected chi connectivity index (χ0v) is 14.8. The van der Waals surface area contributed by atoms with Crippen molar-refractivity contribution in [3.63, 3.8) is 0 Å². The highest BCUT2D eigenvalue weighted by Crippen LogP contribution is 2.20. The fraction of sp³-hybridized carbons (Fsp3) is 0.429. The lowest BCUT2D eigenvalue weighted by atomic mass is 10.1. The number of carboxylic acid groups (broad SMARTS) is 2. The molecule has 0 unspecified atom stereocenters. The summed E-state index contributed by atoms with van der Waals surface area (Å²) in [5.74, 6) is -3.65. The number of nitro benzene ring substituents is 1. The van der Waals surface area contributed by atoms with E-state index in [1.54, 1.807) is 18.2 Å². The summed E-state index contributed by atoms with van der Waals surface area (Å²) in [6.07, 6.45) is 1.20. The van der Waals surface area contributed by atoms with Crippen molar-refractivity contribution in [2.24, 2.45) is 0 Å². The van der Waals surface area contributed by atoms with E-state index >= 15 is 0 Å². The van der Waals surface area contributed by atoms with Gasteiger partial charge in [-0.3, -0.25) is 15.0 Å². The molecule has 1 aliphatic heterocycles. The lowest BCUT2D eigenvalue weighted by Gasteiger charge is -2.33. The number of nitro groups is 1. The fourth-order valence-electron chi connectivity index (χ4n) is 2.28. The predicted octanol–water partition coefficient (Wildman–Crippen LogP) is -0.172. The predicted molar refractivity (Wildman–Crippen MR) is 90.1 cm³/mol. The number of sulfonamides is 1. The van der Waals surface area contributed by atoms with Gasteiger partial charge in [-0.05, 0) is 0 Å². The van der Waals surface area contributed by atoms with Crippen molar-refractivity contribution >= 4 is 27.6 Å². The van der Waals surface area contributed by atoms with Crippen LogP contribution in [0, 0.1) is 10.1 Å². The lowest BCUT2D eigenvalue weighted by molar-refractivity contribution is -0.385. The van der Waals surface area contributed by atoms with Gasteiger partial charge in [0.2, 0.25) is 10.0 Å². The number of carboxylic acids is 2. The van der Waals surface area contributed by atoms with Crippen LogP contribution in [-0.2, 0) is 26.2 Å². The first-order valence-corrected chi connectivity index (χ1v) is 9.23. The van der Waals surface area contributed by atoms with Crippen molar-refractivity contribution in [1.29, 1.82) is 0 Å². The Morgan fingerprint density at radius 3 is 2.04 bits per heavy atom. The molecular weight excluding hydrogens is 370 g/mol. The van der Waals surface area contributed by atoms with Crippen molar-refractivity contribution in [3.05, 3.63) is 39.9 Å². The fourth-order valence-corrected chi connectivity index (χ4v) is 3.11. The smallest absolute Gasteiger partial charge is 0.414 e.